The summed E-state index contributed by atoms with van der Waals surface area (Å²) in [6.45, 7) is 3.83. The first-order chi connectivity index (χ1) is 12.8. The Morgan fingerprint density at radius 3 is 1.85 bits per heavy atom. The number of anilines is 1. The summed E-state index contributed by atoms with van der Waals surface area (Å²) in [5.41, 5.74) is 2.86. The van der Waals surface area contributed by atoms with Gasteiger partial charge in [0.15, 0.2) is 0 Å². The number of esters is 1. The van der Waals surface area contributed by atoms with Crippen molar-refractivity contribution in [2.24, 2.45) is 0 Å². The number of nitrogens with one attached hydrogen (secondary N) is 1. The van der Waals surface area contributed by atoms with Crippen LogP contribution in [0, 0.1) is 13.8 Å². The number of rotatable bonds is 5. The maximum Gasteiger partial charge on any atom is 0.343 e. The van der Waals surface area contributed by atoms with E-state index in [1.165, 1.54) is 0 Å². The van der Waals surface area contributed by atoms with Crippen LogP contribution >= 0.6 is 0 Å². The predicted octanol–water partition coefficient (Wildman–Crippen LogP) is 4.32. The van der Waals surface area contributed by atoms with Crippen molar-refractivity contribution >= 4 is 21.7 Å². The molecule has 27 heavy (non-hydrogen) atoms. The smallest absolute Gasteiger partial charge is 0.343 e. The molecule has 0 unspecified atom stereocenters. The molecule has 5 nitrogen and oxygen atoms in total. The molecular formula is C21H19NO4S. The van der Waals surface area contributed by atoms with Crippen LogP contribution in [0.25, 0.3) is 0 Å². The van der Waals surface area contributed by atoms with E-state index >= 15 is 0 Å². The molecule has 0 fully saturated rings. The number of ether oxygens (including phenoxy) is 1. The van der Waals surface area contributed by atoms with E-state index in [1.54, 1.807) is 60.7 Å². The Balaban J connectivity index is 1.69. The van der Waals surface area contributed by atoms with Gasteiger partial charge in [-0.2, -0.15) is 0 Å². The SMILES string of the molecule is Cc1ccc(C(=O)Oc2ccc(NS(=O)(=O)c3ccc(C)cc3)cc2)cc1. The maximum atomic E-state index is 12.4. The van der Waals surface area contributed by atoms with E-state index in [0.717, 1.165) is 11.1 Å². The Bertz CT molecular complexity index is 1040. The standard InChI is InChI=1S/C21H19NO4S/c1-15-3-7-17(8-4-15)21(23)26-19-11-9-18(10-12-19)22-27(24,25)20-13-5-16(2)6-14-20/h3-14,22H,1-2H3. The van der Waals surface area contributed by atoms with Crippen LogP contribution in [0.5, 0.6) is 5.75 Å². The Labute approximate surface area is 158 Å². The van der Waals surface area contributed by atoms with E-state index in [2.05, 4.69) is 4.72 Å². The molecule has 0 saturated carbocycles. The van der Waals surface area contributed by atoms with Crippen LogP contribution in [0.1, 0.15) is 21.5 Å². The minimum absolute atomic E-state index is 0.183. The van der Waals surface area contributed by atoms with Gasteiger partial charge in [0.25, 0.3) is 10.0 Å². The van der Waals surface area contributed by atoms with Gasteiger partial charge in [-0.3, -0.25) is 4.72 Å². The zero-order chi connectivity index (χ0) is 19.4. The van der Waals surface area contributed by atoms with E-state index in [4.69, 9.17) is 4.74 Å². The highest BCUT2D eigenvalue weighted by Gasteiger charge is 2.14. The summed E-state index contributed by atoms with van der Waals surface area (Å²) in [5.74, 6) is -0.137. The number of hydrogen-bond donors (Lipinski definition) is 1. The lowest BCUT2D eigenvalue weighted by Crippen LogP contribution is -2.13. The Kier molecular flexibility index (Phi) is 5.28. The zero-order valence-corrected chi connectivity index (χ0v) is 15.8. The first-order valence-corrected chi connectivity index (χ1v) is 9.80. The molecule has 3 aromatic rings. The van der Waals surface area contributed by atoms with Crippen molar-refractivity contribution in [2.75, 3.05) is 4.72 Å². The summed E-state index contributed by atoms with van der Waals surface area (Å²) < 4.78 is 32.6. The molecular weight excluding hydrogens is 362 g/mol. The van der Waals surface area contributed by atoms with E-state index < -0.39 is 16.0 Å². The first-order valence-electron chi connectivity index (χ1n) is 8.32. The topological polar surface area (TPSA) is 72.5 Å². The molecule has 0 atom stereocenters. The lowest BCUT2D eigenvalue weighted by Gasteiger charge is -2.09. The molecule has 0 saturated heterocycles. The third-order valence-corrected chi connectivity index (χ3v) is 5.33. The van der Waals surface area contributed by atoms with Gasteiger partial charge in [-0.25, -0.2) is 13.2 Å². The minimum Gasteiger partial charge on any atom is -0.423 e. The molecule has 0 aliphatic carbocycles. The molecule has 0 heterocycles. The third-order valence-electron chi connectivity index (χ3n) is 3.94. The predicted molar refractivity (Wildman–Crippen MR) is 105 cm³/mol. The fraction of sp³-hybridized carbons (Fsp3) is 0.0952. The Morgan fingerprint density at radius 1 is 0.778 bits per heavy atom. The largest absolute Gasteiger partial charge is 0.423 e. The summed E-state index contributed by atoms with van der Waals surface area (Å²) in [7, 11) is -3.67. The van der Waals surface area contributed by atoms with E-state index in [0.29, 0.717) is 17.0 Å². The normalized spacial score (nSPS) is 11.0. The number of sulfonamides is 1. The molecule has 0 aliphatic heterocycles. The molecule has 138 valence electrons. The van der Waals surface area contributed by atoms with E-state index in [1.807, 2.05) is 26.0 Å². The zero-order valence-electron chi connectivity index (χ0n) is 15.0. The lowest BCUT2D eigenvalue weighted by molar-refractivity contribution is 0.0735. The van der Waals surface area contributed by atoms with Crippen molar-refractivity contribution in [3.05, 3.63) is 89.5 Å². The van der Waals surface area contributed by atoms with Crippen LogP contribution < -0.4 is 9.46 Å². The second-order valence-corrected chi connectivity index (χ2v) is 7.88. The van der Waals surface area contributed by atoms with Crippen LogP contribution in [0.4, 0.5) is 5.69 Å². The Hall–Kier alpha value is -3.12. The number of carbonyl (C=O) groups is 1. The second-order valence-electron chi connectivity index (χ2n) is 6.20. The fourth-order valence-corrected chi connectivity index (χ4v) is 3.44. The van der Waals surface area contributed by atoms with Gasteiger partial charge in [0.1, 0.15) is 5.75 Å². The highest BCUT2D eigenvalue weighted by Crippen LogP contribution is 2.20. The third kappa shape index (κ3) is 4.74. The van der Waals surface area contributed by atoms with Gasteiger partial charge in [0.2, 0.25) is 0 Å². The van der Waals surface area contributed by atoms with Crippen LogP contribution in [0.15, 0.2) is 77.7 Å². The van der Waals surface area contributed by atoms with Crippen molar-refractivity contribution in [2.45, 2.75) is 18.7 Å². The average Bonchev–Trinajstić information content (AvgIpc) is 2.64. The van der Waals surface area contributed by atoms with Crippen LogP contribution in [-0.2, 0) is 10.0 Å². The maximum absolute atomic E-state index is 12.4. The van der Waals surface area contributed by atoms with Crippen molar-refractivity contribution in [3.8, 4) is 5.75 Å². The number of carbonyl (C=O) groups excluding carboxylic acids is 1. The van der Waals surface area contributed by atoms with Gasteiger partial charge in [-0.05, 0) is 62.4 Å². The summed E-state index contributed by atoms with van der Waals surface area (Å²) in [6.07, 6.45) is 0. The highest BCUT2D eigenvalue weighted by atomic mass is 32.2. The van der Waals surface area contributed by atoms with Crippen molar-refractivity contribution in [3.63, 3.8) is 0 Å². The molecule has 3 rings (SSSR count). The van der Waals surface area contributed by atoms with Gasteiger partial charge in [0, 0.05) is 5.69 Å². The van der Waals surface area contributed by atoms with Gasteiger partial charge < -0.3 is 4.74 Å². The van der Waals surface area contributed by atoms with Crippen LogP contribution in [0.3, 0.4) is 0 Å². The summed E-state index contributed by atoms with van der Waals surface area (Å²) >= 11 is 0. The van der Waals surface area contributed by atoms with Gasteiger partial charge in [-0.15, -0.1) is 0 Å². The summed E-state index contributed by atoms with van der Waals surface area (Å²) in [5, 5.41) is 0. The lowest BCUT2D eigenvalue weighted by atomic mass is 10.1. The van der Waals surface area contributed by atoms with Gasteiger partial charge in [0.05, 0.1) is 10.5 Å². The molecule has 0 amide bonds. The fourth-order valence-electron chi connectivity index (χ4n) is 2.38. The molecule has 6 heteroatoms. The van der Waals surface area contributed by atoms with Crippen LogP contribution in [-0.4, -0.2) is 14.4 Å². The highest BCUT2D eigenvalue weighted by molar-refractivity contribution is 7.92. The number of hydrogen-bond acceptors (Lipinski definition) is 4. The first kappa shape index (κ1) is 18.7. The summed E-state index contributed by atoms with van der Waals surface area (Å²) in [4.78, 5) is 12.3. The minimum atomic E-state index is -3.67. The molecule has 0 bridgehead atoms. The molecule has 0 spiro atoms. The van der Waals surface area contributed by atoms with Crippen LogP contribution in [0.2, 0.25) is 0 Å². The van der Waals surface area contributed by atoms with E-state index in [-0.39, 0.29) is 4.90 Å². The van der Waals surface area contributed by atoms with Crippen molar-refractivity contribution in [1.29, 1.82) is 0 Å². The Morgan fingerprint density at radius 2 is 1.30 bits per heavy atom. The molecule has 1 N–H and O–H groups in total. The average molecular weight is 381 g/mol. The molecule has 0 aromatic heterocycles. The van der Waals surface area contributed by atoms with Gasteiger partial charge in [-0.1, -0.05) is 35.4 Å². The van der Waals surface area contributed by atoms with Gasteiger partial charge >= 0.3 is 5.97 Å². The molecule has 0 radical (unpaired) electrons. The summed E-state index contributed by atoms with van der Waals surface area (Å²) in [6, 6.07) is 19.8. The number of aryl methyl sites for hydroxylation is 2. The molecule has 0 aliphatic rings. The van der Waals surface area contributed by atoms with Crippen molar-refractivity contribution in [1.82, 2.24) is 0 Å². The van der Waals surface area contributed by atoms with E-state index in [9.17, 15) is 13.2 Å². The number of benzene rings is 3. The monoisotopic (exact) mass is 381 g/mol. The van der Waals surface area contributed by atoms with Crippen molar-refractivity contribution < 1.29 is 17.9 Å². The molecule has 3 aromatic carbocycles. The quantitative estimate of drug-likeness (QED) is 0.528. The second kappa shape index (κ2) is 7.63.